The Morgan fingerprint density at radius 3 is 2.55 bits per heavy atom. The molecule has 0 aliphatic carbocycles. The van der Waals surface area contributed by atoms with E-state index in [2.05, 4.69) is 5.32 Å². The molecule has 0 saturated carbocycles. The van der Waals surface area contributed by atoms with Gasteiger partial charge in [0.15, 0.2) is 6.23 Å². The van der Waals surface area contributed by atoms with E-state index in [0.717, 1.165) is 0 Å². The Labute approximate surface area is 66.9 Å². The van der Waals surface area contributed by atoms with Gasteiger partial charge in [0, 0.05) is 6.54 Å². The molecule has 0 heterocycles. The summed E-state index contributed by atoms with van der Waals surface area (Å²) >= 11 is 0. The molecule has 11 heavy (non-hydrogen) atoms. The molecular formula is C9H12NO. The van der Waals surface area contributed by atoms with Gasteiger partial charge in [0.1, 0.15) is 0 Å². The highest BCUT2D eigenvalue weighted by Crippen LogP contribution is 1.98. The van der Waals surface area contributed by atoms with Crippen molar-refractivity contribution in [3.63, 3.8) is 0 Å². The van der Waals surface area contributed by atoms with Crippen LogP contribution in [-0.4, -0.2) is 5.11 Å². The molecule has 2 nitrogen and oxygen atoms in total. The summed E-state index contributed by atoms with van der Waals surface area (Å²) in [7, 11) is 0. The molecule has 0 aliphatic rings. The molecule has 0 aromatic heterocycles. The van der Waals surface area contributed by atoms with Crippen molar-refractivity contribution in [2.75, 3.05) is 0 Å². The molecule has 0 spiro atoms. The van der Waals surface area contributed by atoms with Crippen molar-refractivity contribution < 1.29 is 5.11 Å². The Kier molecular flexibility index (Phi) is 3.08. The largest absolute Gasteiger partial charge is 0.372 e. The van der Waals surface area contributed by atoms with Gasteiger partial charge in [-0.1, -0.05) is 30.3 Å². The number of nitrogens with one attached hydrogen (secondary N) is 1. The van der Waals surface area contributed by atoms with Crippen LogP contribution in [0.25, 0.3) is 0 Å². The highest BCUT2D eigenvalue weighted by Gasteiger charge is 1.94. The van der Waals surface area contributed by atoms with Crippen molar-refractivity contribution in [3.05, 3.63) is 42.1 Å². The molecule has 0 bridgehead atoms. The lowest BCUT2D eigenvalue weighted by molar-refractivity contribution is 0.268. The summed E-state index contributed by atoms with van der Waals surface area (Å²) in [6, 6.07) is 9.94. The van der Waals surface area contributed by atoms with Crippen molar-refractivity contribution in [1.82, 2.24) is 5.32 Å². The zero-order valence-electron chi connectivity index (χ0n) is 6.54. The smallest absolute Gasteiger partial charge is 0.155 e. The van der Waals surface area contributed by atoms with Crippen LogP contribution < -0.4 is 5.32 Å². The van der Waals surface area contributed by atoms with E-state index in [1.165, 1.54) is 5.56 Å². The van der Waals surface area contributed by atoms with Crippen LogP contribution in [0.3, 0.4) is 0 Å². The van der Waals surface area contributed by atoms with E-state index in [0.29, 0.717) is 6.54 Å². The van der Waals surface area contributed by atoms with Gasteiger partial charge < -0.3 is 5.11 Å². The van der Waals surface area contributed by atoms with E-state index in [1.54, 1.807) is 6.92 Å². The number of aliphatic hydroxyl groups is 1. The lowest BCUT2D eigenvalue weighted by Gasteiger charge is -2.04. The van der Waals surface area contributed by atoms with Crippen LogP contribution in [0.1, 0.15) is 12.5 Å². The Morgan fingerprint density at radius 1 is 1.36 bits per heavy atom. The van der Waals surface area contributed by atoms with Crippen LogP contribution in [0, 0.1) is 6.23 Å². The maximum absolute atomic E-state index is 8.82. The summed E-state index contributed by atoms with van der Waals surface area (Å²) in [6.07, 6.45) is 0.258. The van der Waals surface area contributed by atoms with Crippen molar-refractivity contribution in [1.29, 1.82) is 0 Å². The predicted octanol–water partition coefficient (Wildman–Crippen LogP) is 1.66. The Balaban J connectivity index is 2.39. The molecule has 0 atom stereocenters. The molecule has 59 valence electrons. The average Bonchev–Trinajstić information content (AvgIpc) is 2.03. The van der Waals surface area contributed by atoms with Crippen LogP contribution in [0.5, 0.6) is 0 Å². The first kappa shape index (κ1) is 8.24. The van der Waals surface area contributed by atoms with Crippen molar-refractivity contribution >= 4 is 0 Å². The van der Waals surface area contributed by atoms with Crippen molar-refractivity contribution in [3.8, 4) is 0 Å². The maximum atomic E-state index is 8.82. The van der Waals surface area contributed by atoms with Gasteiger partial charge in [-0.15, -0.1) is 0 Å². The zero-order valence-corrected chi connectivity index (χ0v) is 6.54. The number of benzene rings is 1. The summed E-state index contributed by atoms with van der Waals surface area (Å²) < 4.78 is 0. The zero-order chi connectivity index (χ0) is 8.10. The standard InChI is InChI=1S/C9H12NO/c1-8(11)10-7-9-5-3-2-4-6-9/h2-6,10-11H,7H2,1H3. The minimum Gasteiger partial charge on any atom is -0.372 e. The van der Waals surface area contributed by atoms with Crippen molar-refractivity contribution in [2.45, 2.75) is 13.5 Å². The normalized spacial score (nSPS) is 10.5. The fourth-order valence-electron chi connectivity index (χ4n) is 0.826. The number of rotatable bonds is 3. The Morgan fingerprint density at radius 2 is 2.00 bits per heavy atom. The highest BCUT2D eigenvalue weighted by atomic mass is 16.3. The van der Waals surface area contributed by atoms with E-state index in [9.17, 15) is 0 Å². The van der Waals surface area contributed by atoms with E-state index in [4.69, 9.17) is 5.11 Å². The van der Waals surface area contributed by atoms with Gasteiger partial charge >= 0.3 is 0 Å². The second kappa shape index (κ2) is 4.11. The molecule has 0 saturated heterocycles. The van der Waals surface area contributed by atoms with E-state index in [1.807, 2.05) is 30.3 Å². The molecular weight excluding hydrogens is 138 g/mol. The SMILES string of the molecule is C[C](O)NCc1ccccc1. The van der Waals surface area contributed by atoms with Crippen LogP contribution in [0.4, 0.5) is 0 Å². The topological polar surface area (TPSA) is 32.3 Å². The quantitative estimate of drug-likeness (QED) is 0.686. The van der Waals surface area contributed by atoms with Gasteiger partial charge in [0.2, 0.25) is 0 Å². The van der Waals surface area contributed by atoms with Crippen LogP contribution >= 0.6 is 0 Å². The van der Waals surface area contributed by atoms with Crippen LogP contribution in [0.15, 0.2) is 30.3 Å². The lowest BCUT2D eigenvalue weighted by atomic mass is 10.2. The second-order valence-electron chi connectivity index (χ2n) is 2.42. The van der Waals surface area contributed by atoms with E-state index < -0.39 is 0 Å². The van der Waals surface area contributed by atoms with Crippen LogP contribution in [-0.2, 0) is 6.54 Å². The second-order valence-corrected chi connectivity index (χ2v) is 2.42. The Bertz CT molecular complexity index is 196. The fourth-order valence-corrected chi connectivity index (χ4v) is 0.826. The number of aliphatic hydroxyl groups excluding tert-OH is 1. The number of hydrogen-bond acceptors (Lipinski definition) is 2. The molecule has 1 radical (unpaired) electrons. The molecule has 1 aromatic rings. The number of hydrogen-bond donors (Lipinski definition) is 2. The third kappa shape index (κ3) is 3.16. The average molecular weight is 150 g/mol. The summed E-state index contributed by atoms with van der Waals surface area (Å²) in [4.78, 5) is 0. The minimum absolute atomic E-state index is 0.258. The molecule has 0 unspecified atom stereocenters. The molecule has 1 rings (SSSR count). The van der Waals surface area contributed by atoms with Gasteiger partial charge in [0.25, 0.3) is 0 Å². The first-order valence-corrected chi connectivity index (χ1v) is 3.59. The molecule has 2 N–H and O–H groups in total. The first-order valence-electron chi connectivity index (χ1n) is 3.59. The van der Waals surface area contributed by atoms with Gasteiger partial charge in [-0.3, -0.25) is 5.32 Å². The first-order chi connectivity index (χ1) is 5.29. The predicted molar refractivity (Wildman–Crippen MR) is 44.1 cm³/mol. The molecule has 0 fully saturated rings. The monoisotopic (exact) mass is 150 g/mol. The summed E-state index contributed by atoms with van der Waals surface area (Å²) in [5.74, 6) is 0. The van der Waals surface area contributed by atoms with Crippen molar-refractivity contribution in [2.24, 2.45) is 0 Å². The third-order valence-corrected chi connectivity index (χ3v) is 1.39. The molecule has 0 aliphatic heterocycles. The lowest BCUT2D eigenvalue weighted by Crippen LogP contribution is -2.16. The van der Waals surface area contributed by atoms with Gasteiger partial charge in [-0.05, 0) is 12.5 Å². The van der Waals surface area contributed by atoms with Gasteiger partial charge in [0.05, 0.1) is 0 Å². The molecule has 1 aromatic carbocycles. The van der Waals surface area contributed by atoms with Gasteiger partial charge in [-0.2, -0.15) is 0 Å². The van der Waals surface area contributed by atoms with E-state index >= 15 is 0 Å². The Hall–Kier alpha value is -0.860. The minimum atomic E-state index is 0.258. The maximum Gasteiger partial charge on any atom is 0.155 e. The van der Waals surface area contributed by atoms with Crippen LogP contribution in [0.2, 0.25) is 0 Å². The summed E-state index contributed by atoms with van der Waals surface area (Å²) in [5.41, 5.74) is 1.17. The third-order valence-electron chi connectivity index (χ3n) is 1.39. The highest BCUT2D eigenvalue weighted by molar-refractivity contribution is 5.14. The van der Waals surface area contributed by atoms with Gasteiger partial charge in [-0.25, -0.2) is 0 Å². The molecule has 0 amide bonds. The summed E-state index contributed by atoms with van der Waals surface area (Å²) in [6.45, 7) is 2.31. The fraction of sp³-hybridized carbons (Fsp3) is 0.222. The summed E-state index contributed by atoms with van der Waals surface area (Å²) in [5, 5.41) is 11.7. The molecule has 2 heteroatoms. The van der Waals surface area contributed by atoms with E-state index in [-0.39, 0.29) is 6.23 Å².